The number of fused-ring (bicyclic) bond motifs is 1. The van der Waals surface area contributed by atoms with Gasteiger partial charge in [0.2, 0.25) is 5.78 Å². The molecule has 1 aromatic carbocycles. The van der Waals surface area contributed by atoms with E-state index >= 15 is 0 Å². The number of ketones is 1. The van der Waals surface area contributed by atoms with Crippen LogP contribution in [0.3, 0.4) is 0 Å². The molecule has 8 nitrogen and oxygen atoms in total. The molecular formula is C20H21N3O5S. The van der Waals surface area contributed by atoms with E-state index in [1.54, 1.807) is 39.0 Å². The van der Waals surface area contributed by atoms with Gasteiger partial charge in [0, 0.05) is 5.69 Å². The number of aromatic nitrogens is 2. The highest BCUT2D eigenvalue weighted by molar-refractivity contribution is 7.22. The largest absolute Gasteiger partial charge is 0.462 e. The van der Waals surface area contributed by atoms with Crippen molar-refractivity contribution < 1.29 is 23.9 Å². The maximum atomic E-state index is 12.8. The highest BCUT2D eigenvalue weighted by atomic mass is 32.1. The zero-order valence-corrected chi connectivity index (χ0v) is 17.3. The third-order valence-electron chi connectivity index (χ3n) is 4.46. The zero-order chi connectivity index (χ0) is 21.3. The molecule has 0 bridgehead atoms. The molecule has 0 aliphatic rings. The van der Waals surface area contributed by atoms with E-state index in [9.17, 15) is 14.4 Å². The first-order valence-electron chi connectivity index (χ1n) is 9.00. The van der Waals surface area contributed by atoms with Gasteiger partial charge < -0.3 is 20.2 Å². The number of benzene rings is 1. The molecule has 9 heteroatoms. The zero-order valence-electron chi connectivity index (χ0n) is 16.5. The van der Waals surface area contributed by atoms with E-state index in [0.717, 1.165) is 4.70 Å². The Bertz CT molecular complexity index is 1110. The fraction of sp³-hybridized carbons (Fsp3) is 0.300. The number of rotatable bonds is 6. The number of ether oxygens (including phenoxy) is 2. The predicted molar refractivity (Wildman–Crippen MR) is 109 cm³/mol. The number of anilines is 1. The van der Waals surface area contributed by atoms with Crippen LogP contribution in [-0.4, -0.2) is 40.4 Å². The Morgan fingerprint density at radius 3 is 2.66 bits per heavy atom. The summed E-state index contributed by atoms with van der Waals surface area (Å²) in [4.78, 5) is 44.5. The van der Waals surface area contributed by atoms with E-state index in [2.05, 4.69) is 9.97 Å². The van der Waals surface area contributed by atoms with Gasteiger partial charge in [0.25, 0.3) is 0 Å². The summed E-state index contributed by atoms with van der Waals surface area (Å²) in [6.45, 7) is 6.77. The predicted octanol–water partition coefficient (Wildman–Crippen LogP) is 3.43. The van der Waals surface area contributed by atoms with Gasteiger partial charge in [-0.25, -0.2) is 14.6 Å². The molecule has 2 aromatic heterocycles. The fourth-order valence-corrected chi connectivity index (χ4v) is 3.83. The van der Waals surface area contributed by atoms with Crippen molar-refractivity contribution in [2.24, 2.45) is 0 Å². The van der Waals surface area contributed by atoms with Gasteiger partial charge >= 0.3 is 11.9 Å². The van der Waals surface area contributed by atoms with E-state index in [1.807, 2.05) is 0 Å². The van der Waals surface area contributed by atoms with E-state index in [0.29, 0.717) is 33.0 Å². The Morgan fingerprint density at radius 1 is 1.24 bits per heavy atom. The summed E-state index contributed by atoms with van der Waals surface area (Å²) < 4.78 is 11.1. The van der Waals surface area contributed by atoms with E-state index < -0.39 is 23.8 Å². The number of nitrogens with two attached hydrogens (primary N) is 1. The summed E-state index contributed by atoms with van der Waals surface area (Å²) in [6, 6.07) is 4.88. The van der Waals surface area contributed by atoms with Crippen LogP contribution in [0.2, 0.25) is 0 Å². The van der Waals surface area contributed by atoms with Crippen LogP contribution in [0.15, 0.2) is 18.2 Å². The molecule has 3 N–H and O–H groups in total. The van der Waals surface area contributed by atoms with Gasteiger partial charge in [-0.05, 0) is 51.5 Å². The smallest absolute Gasteiger partial charge is 0.340 e. The monoisotopic (exact) mass is 415 g/mol. The van der Waals surface area contributed by atoms with E-state index in [1.165, 1.54) is 18.3 Å². The number of H-pyrrole nitrogens is 1. The van der Waals surface area contributed by atoms with Gasteiger partial charge in [0.15, 0.2) is 11.2 Å². The molecule has 0 fully saturated rings. The lowest BCUT2D eigenvalue weighted by molar-refractivity contribution is 0.0317. The average molecular weight is 415 g/mol. The second kappa shape index (κ2) is 8.04. The summed E-state index contributed by atoms with van der Waals surface area (Å²) in [5.74, 6) is -1.57. The standard InChI is InChI=1S/C20H21N3O5S/c1-5-27-19(26)15-9(2)16(22-10(15)3)17(24)11(4)28-18(25)12-6-7-13-14(8-12)29-20(21)23-13/h6-8,11,22H,5H2,1-4H3,(H2,21,23). The Labute approximate surface area is 171 Å². The number of hydrogen-bond acceptors (Lipinski definition) is 8. The Kier molecular flexibility index (Phi) is 5.69. The molecule has 0 saturated heterocycles. The molecule has 2 heterocycles. The molecule has 0 saturated carbocycles. The van der Waals surface area contributed by atoms with Gasteiger partial charge in [0.1, 0.15) is 0 Å². The molecule has 0 radical (unpaired) electrons. The number of thiazole rings is 1. The SMILES string of the molecule is CCOC(=O)c1c(C)[nH]c(C(=O)C(C)OC(=O)c2ccc3nc(N)sc3c2)c1C. The van der Waals surface area contributed by atoms with Crippen LogP contribution in [0.1, 0.15) is 56.3 Å². The average Bonchev–Trinajstić information content (AvgIpc) is 3.18. The summed E-state index contributed by atoms with van der Waals surface area (Å²) in [5, 5.41) is 0.407. The van der Waals surface area contributed by atoms with Crippen LogP contribution in [0.4, 0.5) is 5.13 Å². The van der Waals surface area contributed by atoms with Gasteiger partial charge in [-0.3, -0.25) is 4.79 Å². The molecule has 3 rings (SSSR count). The third kappa shape index (κ3) is 4.00. The third-order valence-corrected chi connectivity index (χ3v) is 5.30. The minimum atomic E-state index is -1.04. The highest BCUT2D eigenvalue weighted by Crippen LogP contribution is 2.25. The second-order valence-corrected chi connectivity index (χ2v) is 7.55. The van der Waals surface area contributed by atoms with Crippen LogP contribution in [0.5, 0.6) is 0 Å². The fourth-order valence-electron chi connectivity index (χ4n) is 3.06. The maximum absolute atomic E-state index is 12.8. The van der Waals surface area contributed by atoms with Crippen molar-refractivity contribution in [1.82, 2.24) is 9.97 Å². The van der Waals surface area contributed by atoms with Gasteiger partial charge in [-0.15, -0.1) is 0 Å². The first kappa shape index (κ1) is 20.5. The molecule has 29 heavy (non-hydrogen) atoms. The molecule has 0 aliphatic carbocycles. The van der Waals surface area contributed by atoms with Crippen LogP contribution in [-0.2, 0) is 9.47 Å². The number of carbonyl (C=O) groups is 3. The van der Waals surface area contributed by atoms with Crippen LogP contribution in [0.25, 0.3) is 10.2 Å². The maximum Gasteiger partial charge on any atom is 0.340 e. The Balaban J connectivity index is 1.78. The minimum absolute atomic E-state index is 0.219. The molecule has 152 valence electrons. The van der Waals surface area contributed by atoms with Gasteiger partial charge in [0.05, 0.1) is 33.6 Å². The molecule has 0 amide bonds. The first-order chi connectivity index (χ1) is 13.7. The van der Waals surface area contributed by atoms with Crippen molar-refractivity contribution in [3.8, 4) is 0 Å². The minimum Gasteiger partial charge on any atom is -0.462 e. The topological polar surface area (TPSA) is 124 Å². The number of hydrogen-bond donors (Lipinski definition) is 2. The molecule has 1 atom stereocenters. The molecule has 3 aromatic rings. The lowest BCUT2D eigenvalue weighted by Crippen LogP contribution is -2.25. The Morgan fingerprint density at radius 2 is 1.97 bits per heavy atom. The summed E-state index contributed by atoms with van der Waals surface area (Å²) >= 11 is 1.26. The number of nitrogen functional groups attached to an aromatic ring is 1. The van der Waals surface area contributed by atoms with Crippen LogP contribution >= 0.6 is 11.3 Å². The lowest BCUT2D eigenvalue weighted by atomic mass is 10.1. The van der Waals surface area contributed by atoms with Crippen molar-refractivity contribution in [3.63, 3.8) is 0 Å². The van der Waals surface area contributed by atoms with Gasteiger partial charge in [-0.1, -0.05) is 11.3 Å². The number of nitrogens with zero attached hydrogens (tertiary/aromatic N) is 1. The van der Waals surface area contributed by atoms with Crippen molar-refractivity contribution in [2.75, 3.05) is 12.3 Å². The highest BCUT2D eigenvalue weighted by Gasteiger charge is 2.28. The van der Waals surface area contributed by atoms with Crippen LogP contribution in [0, 0.1) is 13.8 Å². The molecular weight excluding hydrogens is 394 g/mol. The quantitative estimate of drug-likeness (QED) is 0.467. The summed E-state index contributed by atoms with van der Waals surface area (Å²) in [6.07, 6.45) is -1.04. The number of esters is 2. The van der Waals surface area contributed by atoms with Crippen LogP contribution < -0.4 is 5.73 Å². The second-order valence-electron chi connectivity index (χ2n) is 6.49. The van der Waals surface area contributed by atoms with Crippen molar-refractivity contribution in [3.05, 3.63) is 46.3 Å². The first-order valence-corrected chi connectivity index (χ1v) is 9.82. The number of Topliss-reactive ketones (excluding diaryl/α,β-unsaturated/α-hetero) is 1. The Hall–Kier alpha value is -3.20. The molecule has 1 unspecified atom stereocenters. The number of nitrogens with one attached hydrogen (secondary N) is 1. The molecule has 0 spiro atoms. The number of aryl methyl sites for hydroxylation is 1. The van der Waals surface area contributed by atoms with Gasteiger partial charge in [-0.2, -0.15) is 0 Å². The summed E-state index contributed by atoms with van der Waals surface area (Å²) in [5.41, 5.74) is 8.20. The summed E-state index contributed by atoms with van der Waals surface area (Å²) in [7, 11) is 0. The van der Waals surface area contributed by atoms with Crippen molar-refractivity contribution in [1.29, 1.82) is 0 Å². The van der Waals surface area contributed by atoms with E-state index in [4.69, 9.17) is 15.2 Å². The normalized spacial score (nSPS) is 12.0. The number of aromatic amines is 1. The molecule has 0 aliphatic heterocycles. The lowest BCUT2D eigenvalue weighted by Gasteiger charge is -2.12. The number of carbonyl (C=O) groups excluding carboxylic acids is 3. The van der Waals surface area contributed by atoms with Crippen molar-refractivity contribution >= 4 is 44.4 Å². The van der Waals surface area contributed by atoms with Crippen molar-refractivity contribution in [2.45, 2.75) is 33.8 Å². The van der Waals surface area contributed by atoms with E-state index in [-0.39, 0.29) is 12.3 Å².